The minimum absolute atomic E-state index is 0.275. The predicted molar refractivity (Wildman–Crippen MR) is 54.2 cm³/mol. The fraction of sp³-hybridized carbons (Fsp3) is 0.143. The van der Waals surface area contributed by atoms with E-state index >= 15 is 0 Å². The number of primary sulfonamides is 1. The second-order valence-electron chi connectivity index (χ2n) is 2.85. The number of aryl methyl sites for hydroxylation is 1. The summed E-state index contributed by atoms with van der Waals surface area (Å²) < 4.78 is 22.0. The van der Waals surface area contributed by atoms with Gasteiger partial charge in [0.1, 0.15) is 9.92 Å². The molecule has 0 saturated heterocycles. The lowest BCUT2D eigenvalue weighted by molar-refractivity contribution is -0.385. The summed E-state index contributed by atoms with van der Waals surface area (Å²) in [5.41, 5.74) is -0.166. The Labute approximate surface area is 90.9 Å². The highest BCUT2D eigenvalue weighted by Gasteiger charge is 2.24. The normalized spacial score (nSPS) is 11.4. The van der Waals surface area contributed by atoms with Crippen molar-refractivity contribution in [2.45, 2.75) is 11.8 Å². The molecule has 82 valence electrons. The number of benzene rings is 1. The van der Waals surface area contributed by atoms with Crippen molar-refractivity contribution in [3.8, 4) is 0 Å². The maximum Gasteiger partial charge on any atom is 0.292 e. The fourth-order valence-corrected chi connectivity index (χ4v) is 2.29. The molecule has 8 heteroatoms. The van der Waals surface area contributed by atoms with E-state index in [1.807, 2.05) is 0 Å². The Morgan fingerprint density at radius 2 is 2.00 bits per heavy atom. The van der Waals surface area contributed by atoms with E-state index < -0.39 is 30.6 Å². The molecule has 0 aliphatic rings. The molecule has 0 saturated carbocycles. The van der Waals surface area contributed by atoms with Crippen LogP contribution >= 0.6 is 11.6 Å². The van der Waals surface area contributed by atoms with Crippen LogP contribution < -0.4 is 5.14 Å². The highest BCUT2D eigenvalue weighted by atomic mass is 35.5. The highest BCUT2D eigenvalue weighted by Crippen LogP contribution is 2.33. The molecule has 0 aromatic heterocycles. The standard InChI is InChI=1S/C7H7ClN2O4S/c1-4-2-3-5(15(9,13)14)6(8)7(4)10(11)12/h2-3H,1H3,(H2,9,13,14). The van der Waals surface area contributed by atoms with E-state index in [0.29, 0.717) is 0 Å². The molecule has 1 aromatic rings. The van der Waals surface area contributed by atoms with Crippen LogP contribution in [0.5, 0.6) is 0 Å². The van der Waals surface area contributed by atoms with Gasteiger partial charge in [0.15, 0.2) is 0 Å². The maximum absolute atomic E-state index is 11.0. The third-order valence-corrected chi connectivity index (χ3v) is 3.22. The molecule has 0 heterocycles. The van der Waals surface area contributed by atoms with Crippen LogP contribution in [0.2, 0.25) is 5.02 Å². The van der Waals surface area contributed by atoms with E-state index in [-0.39, 0.29) is 5.56 Å². The molecule has 6 nitrogen and oxygen atoms in total. The Bertz CT molecular complexity index is 526. The Balaban J connectivity index is 3.64. The summed E-state index contributed by atoms with van der Waals surface area (Å²) >= 11 is 5.59. The van der Waals surface area contributed by atoms with Crippen molar-refractivity contribution in [1.29, 1.82) is 0 Å². The van der Waals surface area contributed by atoms with Crippen LogP contribution in [-0.4, -0.2) is 13.3 Å². The van der Waals surface area contributed by atoms with E-state index in [1.54, 1.807) is 0 Å². The molecule has 0 aliphatic carbocycles. The van der Waals surface area contributed by atoms with Gasteiger partial charge >= 0.3 is 0 Å². The molecule has 0 unspecified atom stereocenters. The summed E-state index contributed by atoms with van der Waals surface area (Å²) in [6.07, 6.45) is 0. The molecule has 1 rings (SSSR count). The second kappa shape index (κ2) is 3.76. The third-order valence-electron chi connectivity index (χ3n) is 1.77. The lowest BCUT2D eigenvalue weighted by atomic mass is 10.2. The summed E-state index contributed by atoms with van der Waals surface area (Å²) in [5.74, 6) is 0. The van der Waals surface area contributed by atoms with Crippen molar-refractivity contribution < 1.29 is 13.3 Å². The van der Waals surface area contributed by atoms with Gasteiger partial charge in [-0.05, 0) is 13.0 Å². The van der Waals surface area contributed by atoms with Crippen molar-refractivity contribution in [2.75, 3.05) is 0 Å². The first-order valence-corrected chi connectivity index (χ1v) is 5.64. The number of nitro groups is 1. The van der Waals surface area contributed by atoms with Gasteiger partial charge in [-0.25, -0.2) is 13.6 Å². The van der Waals surface area contributed by atoms with Gasteiger partial charge in [0.05, 0.1) is 4.92 Å². The molecule has 0 bridgehead atoms. The summed E-state index contributed by atoms with van der Waals surface area (Å²) in [6.45, 7) is 1.46. The summed E-state index contributed by atoms with van der Waals surface area (Å²) in [6, 6.07) is 2.42. The number of hydrogen-bond acceptors (Lipinski definition) is 4. The summed E-state index contributed by atoms with van der Waals surface area (Å²) in [5, 5.41) is 15.0. The zero-order valence-corrected chi connectivity index (χ0v) is 9.17. The van der Waals surface area contributed by atoms with Gasteiger partial charge in [-0.1, -0.05) is 17.7 Å². The van der Waals surface area contributed by atoms with E-state index in [2.05, 4.69) is 0 Å². The average Bonchev–Trinajstić information content (AvgIpc) is 2.00. The first-order valence-electron chi connectivity index (χ1n) is 3.71. The van der Waals surface area contributed by atoms with E-state index in [9.17, 15) is 18.5 Å². The Hall–Kier alpha value is -1.18. The summed E-state index contributed by atoms with van der Waals surface area (Å²) in [4.78, 5) is 9.42. The quantitative estimate of drug-likeness (QED) is 0.629. The monoisotopic (exact) mass is 250 g/mol. The Kier molecular flexibility index (Phi) is 2.98. The van der Waals surface area contributed by atoms with Crippen LogP contribution in [0.25, 0.3) is 0 Å². The smallest absolute Gasteiger partial charge is 0.258 e. The highest BCUT2D eigenvalue weighted by molar-refractivity contribution is 7.89. The van der Waals surface area contributed by atoms with Gasteiger partial charge in [0, 0.05) is 5.56 Å². The molecule has 0 spiro atoms. The van der Waals surface area contributed by atoms with Crippen LogP contribution in [-0.2, 0) is 10.0 Å². The minimum atomic E-state index is -4.04. The number of hydrogen-bond donors (Lipinski definition) is 1. The predicted octanol–water partition coefficient (Wildman–Crippen LogP) is 1.20. The molecule has 15 heavy (non-hydrogen) atoms. The molecular weight excluding hydrogens is 244 g/mol. The topological polar surface area (TPSA) is 103 Å². The largest absolute Gasteiger partial charge is 0.292 e. The van der Waals surface area contributed by atoms with E-state index in [1.165, 1.54) is 13.0 Å². The number of nitrogens with two attached hydrogens (primary N) is 1. The average molecular weight is 251 g/mol. The van der Waals surface area contributed by atoms with Crippen LogP contribution in [0.3, 0.4) is 0 Å². The molecule has 1 aromatic carbocycles. The SMILES string of the molecule is Cc1ccc(S(N)(=O)=O)c(Cl)c1[N+](=O)[O-]. The van der Waals surface area contributed by atoms with Gasteiger partial charge < -0.3 is 0 Å². The maximum atomic E-state index is 11.0. The molecule has 0 atom stereocenters. The molecule has 0 radical (unpaired) electrons. The van der Waals surface area contributed by atoms with Crippen molar-refractivity contribution in [3.63, 3.8) is 0 Å². The minimum Gasteiger partial charge on any atom is -0.258 e. The number of sulfonamides is 1. The van der Waals surface area contributed by atoms with Crippen molar-refractivity contribution in [1.82, 2.24) is 0 Å². The van der Waals surface area contributed by atoms with E-state index in [0.717, 1.165) is 6.07 Å². The number of nitro benzene ring substituents is 1. The molecule has 0 amide bonds. The Morgan fingerprint density at radius 1 is 1.47 bits per heavy atom. The van der Waals surface area contributed by atoms with Crippen molar-refractivity contribution >= 4 is 27.3 Å². The van der Waals surface area contributed by atoms with Gasteiger partial charge in [0.25, 0.3) is 5.69 Å². The van der Waals surface area contributed by atoms with Crippen LogP contribution in [0.4, 0.5) is 5.69 Å². The van der Waals surface area contributed by atoms with Crippen LogP contribution in [0.1, 0.15) is 5.56 Å². The number of nitrogens with zero attached hydrogens (tertiary/aromatic N) is 1. The van der Waals surface area contributed by atoms with E-state index in [4.69, 9.17) is 16.7 Å². The van der Waals surface area contributed by atoms with Gasteiger partial charge in [-0.3, -0.25) is 10.1 Å². The molecule has 0 aliphatic heterocycles. The van der Waals surface area contributed by atoms with Gasteiger partial charge in [0.2, 0.25) is 10.0 Å². The van der Waals surface area contributed by atoms with Crippen molar-refractivity contribution in [3.05, 3.63) is 32.8 Å². The number of rotatable bonds is 2. The zero-order valence-electron chi connectivity index (χ0n) is 7.60. The lowest BCUT2D eigenvalue weighted by Crippen LogP contribution is -2.13. The third kappa shape index (κ3) is 2.25. The summed E-state index contributed by atoms with van der Waals surface area (Å²) in [7, 11) is -4.04. The zero-order chi connectivity index (χ0) is 11.8. The Morgan fingerprint density at radius 3 is 2.40 bits per heavy atom. The molecular formula is C7H7ClN2O4S. The van der Waals surface area contributed by atoms with Crippen LogP contribution in [0.15, 0.2) is 17.0 Å². The number of halogens is 1. The lowest BCUT2D eigenvalue weighted by Gasteiger charge is -2.04. The van der Waals surface area contributed by atoms with Crippen LogP contribution in [0, 0.1) is 17.0 Å². The van der Waals surface area contributed by atoms with Gasteiger partial charge in [-0.15, -0.1) is 0 Å². The molecule has 2 N–H and O–H groups in total. The van der Waals surface area contributed by atoms with Crippen molar-refractivity contribution in [2.24, 2.45) is 5.14 Å². The molecule has 0 fully saturated rings. The second-order valence-corrected chi connectivity index (χ2v) is 4.75. The first-order chi connectivity index (χ1) is 6.75. The first kappa shape index (κ1) is 11.9. The van der Waals surface area contributed by atoms with Gasteiger partial charge in [-0.2, -0.15) is 0 Å². The fourth-order valence-electron chi connectivity index (χ4n) is 1.09.